The first-order valence-electron chi connectivity index (χ1n) is 8.49. The van der Waals surface area contributed by atoms with Crippen LogP contribution in [0.15, 0.2) is 23.1 Å². The Kier molecular flexibility index (Phi) is 4.14. The number of H-pyrrole nitrogens is 1. The molecular weight excluding hydrogens is 344 g/mol. The number of hydrogen-bond acceptors (Lipinski definition) is 5. The van der Waals surface area contributed by atoms with Crippen LogP contribution in [0.4, 0.5) is 14.7 Å². The number of halogens is 2. The quantitative estimate of drug-likeness (QED) is 0.891. The van der Waals surface area contributed by atoms with Gasteiger partial charge in [0, 0.05) is 38.3 Å². The van der Waals surface area contributed by atoms with Crippen LogP contribution >= 0.6 is 0 Å². The highest BCUT2D eigenvalue weighted by molar-refractivity contribution is 5.92. The molecule has 136 valence electrons. The molecule has 1 amide bonds. The average molecular weight is 361 g/mol. The van der Waals surface area contributed by atoms with Crippen LogP contribution in [0.1, 0.15) is 34.9 Å². The van der Waals surface area contributed by atoms with Crippen molar-refractivity contribution in [1.82, 2.24) is 19.9 Å². The van der Waals surface area contributed by atoms with Gasteiger partial charge in [-0.05, 0) is 25.0 Å². The van der Waals surface area contributed by atoms with Gasteiger partial charge in [0.1, 0.15) is 0 Å². The van der Waals surface area contributed by atoms with E-state index < -0.39 is 23.1 Å². The maximum Gasteiger partial charge on any atom is 0.288 e. The van der Waals surface area contributed by atoms with Crippen molar-refractivity contribution in [2.45, 2.75) is 18.8 Å². The average Bonchev–Trinajstić information content (AvgIpc) is 3.49. The first kappa shape index (κ1) is 16.6. The summed E-state index contributed by atoms with van der Waals surface area (Å²) in [6.07, 6.45) is 3.05. The Morgan fingerprint density at radius 1 is 1.19 bits per heavy atom. The molecule has 0 unspecified atom stereocenters. The third-order valence-electron chi connectivity index (χ3n) is 4.67. The third kappa shape index (κ3) is 3.04. The van der Waals surface area contributed by atoms with Crippen molar-refractivity contribution >= 4 is 11.9 Å². The van der Waals surface area contributed by atoms with E-state index >= 15 is 0 Å². The number of piperazine rings is 1. The number of nitrogens with zero attached hydrogens (tertiary/aromatic N) is 4. The van der Waals surface area contributed by atoms with Crippen LogP contribution in [0.3, 0.4) is 0 Å². The van der Waals surface area contributed by atoms with E-state index in [-0.39, 0.29) is 17.3 Å². The van der Waals surface area contributed by atoms with E-state index in [4.69, 9.17) is 0 Å². The van der Waals surface area contributed by atoms with Crippen LogP contribution in [-0.4, -0.2) is 51.9 Å². The molecule has 0 atom stereocenters. The van der Waals surface area contributed by atoms with Gasteiger partial charge < -0.3 is 9.80 Å². The van der Waals surface area contributed by atoms with Gasteiger partial charge in [-0.1, -0.05) is 0 Å². The Bertz CT molecular complexity index is 904. The Balaban J connectivity index is 1.48. The highest BCUT2D eigenvalue weighted by Gasteiger charge is 2.32. The molecule has 3 heterocycles. The second-order valence-electron chi connectivity index (χ2n) is 6.48. The summed E-state index contributed by atoms with van der Waals surface area (Å²) < 4.78 is 27.7. The summed E-state index contributed by atoms with van der Waals surface area (Å²) >= 11 is 0. The van der Waals surface area contributed by atoms with Crippen LogP contribution in [0.5, 0.6) is 0 Å². The first-order valence-corrected chi connectivity index (χ1v) is 8.49. The molecule has 1 N–H and O–H groups in total. The fourth-order valence-corrected chi connectivity index (χ4v) is 3.06. The molecule has 2 aromatic rings. The number of pyridine rings is 1. The van der Waals surface area contributed by atoms with Gasteiger partial charge in [0.25, 0.3) is 11.5 Å². The van der Waals surface area contributed by atoms with Crippen molar-refractivity contribution in [3.63, 3.8) is 0 Å². The zero-order valence-electron chi connectivity index (χ0n) is 13.9. The monoisotopic (exact) mass is 361 g/mol. The first-order chi connectivity index (χ1) is 12.5. The van der Waals surface area contributed by atoms with Crippen molar-refractivity contribution < 1.29 is 13.6 Å². The predicted molar refractivity (Wildman–Crippen MR) is 89.1 cm³/mol. The zero-order chi connectivity index (χ0) is 18.3. The highest BCUT2D eigenvalue weighted by atomic mass is 19.1. The number of aromatic nitrogens is 3. The predicted octanol–water partition coefficient (Wildman–Crippen LogP) is 1.28. The Labute approximate surface area is 147 Å². The normalized spacial score (nSPS) is 17.5. The van der Waals surface area contributed by atoms with E-state index in [0.717, 1.165) is 12.8 Å². The molecule has 1 saturated heterocycles. The minimum atomic E-state index is -0.810. The van der Waals surface area contributed by atoms with E-state index in [0.29, 0.717) is 32.1 Å². The Hall–Kier alpha value is -2.84. The van der Waals surface area contributed by atoms with Gasteiger partial charge >= 0.3 is 0 Å². The van der Waals surface area contributed by atoms with Crippen LogP contribution < -0.4 is 10.5 Å². The summed E-state index contributed by atoms with van der Waals surface area (Å²) in [6, 6.07) is 2.63. The lowest BCUT2D eigenvalue weighted by atomic mass is 10.2. The molecule has 1 saturated carbocycles. The van der Waals surface area contributed by atoms with Gasteiger partial charge in [-0.15, -0.1) is 0 Å². The SMILES string of the molecule is O=C(c1ncccc1F)N1CCN(c2nc(C3CC3)c(F)c(=O)[nH]2)CC1. The molecule has 2 aliphatic rings. The number of amides is 1. The van der Waals surface area contributed by atoms with Crippen molar-refractivity contribution in [2.75, 3.05) is 31.1 Å². The lowest BCUT2D eigenvalue weighted by Gasteiger charge is -2.35. The Morgan fingerprint density at radius 2 is 1.92 bits per heavy atom. The van der Waals surface area contributed by atoms with Crippen LogP contribution in [0.2, 0.25) is 0 Å². The minimum Gasteiger partial charge on any atom is -0.339 e. The van der Waals surface area contributed by atoms with E-state index in [1.54, 1.807) is 4.90 Å². The number of carbonyl (C=O) groups excluding carboxylic acids is 1. The fourth-order valence-electron chi connectivity index (χ4n) is 3.06. The largest absolute Gasteiger partial charge is 0.339 e. The second-order valence-corrected chi connectivity index (χ2v) is 6.48. The summed E-state index contributed by atoms with van der Waals surface area (Å²) in [5.41, 5.74) is -0.756. The van der Waals surface area contributed by atoms with E-state index in [9.17, 15) is 18.4 Å². The van der Waals surface area contributed by atoms with Crippen molar-refractivity contribution in [2.24, 2.45) is 0 Å². The molecule has 1 aliphatic heterocycles. The molecule has 0 aromatic carbocycles. The lowest BCUT2D eigenvalue weighted by Crippen LogP contribution is -2.50. The standard InChI is InChI=1S/C17H17F2N5O2/c18-11-2-1-5-20-14(11)16(26)23-6-8-24(9-7-23)17-21-13(10-3-4-10)12(19)15(25)22-17/h1-2,5,10H,3-4,6-9H2,(H,21,22,25). The van der Waals surface area contributed by atoms with Gasteiger partial charge in [-0.3, -0.25) is 14.6 Å². The van der Waals surface area contributed by atoms with Gasteiger partial charge in [-0.2, -0.15) is 4.39 Å². The zero-order valence-corrected chi connectivity index (χ0v) is 13.9. The summed E-state index contributed by atoms with van der Waals surface area (Å²) in [6.45, 7) is 1.46. The van der Waals surface area contributed by atoms with Gasteiger partial charge in [0.15, 0.2) is 11.5 Å². The summed E-state index contributed by atoms with van der Waals surface area (Å²) in [4.78, 5) is 38.1. The van der Waals surface area contributed by atoms with Crippen LogP contribution in [-0.2, 0) is 0 Å². The number of nitrogens with one attached hydrogen (secondary N) is 1. The molecule has 0 spiro atoms. The van der Waals surface area contributed by atoms with E-state index in [2.05, 4.69) is 15.0 Å². The van der Waals surface area contributed by atoms with Crippen molar-refractivity contribution in [1.29, 1.82) is 0 Å². The highest BCUT2D eigenvalue weighted by Crippen LogP contribution is 2.39. The Morgan fingerprint density at radius 3 is 2.58 bits per heavy atom. The van der Waals surface area contributed by atoms with Gasteiger partial charge in [-0.25, -0.2) is 14.4 Å². The molecule has 1 aliphatic carbocycles. The topological polar surface area (TPSA) is 82.2 Å². The van der Waals surface area contributed by atoms with Crippen molar-refractivity contribution in [3.8, 4) is 0 Å². The molecule has 7 nitrogen and oxygen atoms in total. The van der Waals surface area contributed by atoms with Crippen molar-refractivity contribution in [3.05, 3.63) is 51.7 Å². The maximum atomic E-state index is 13.9. The molecule has 0 bridgehead atoms. The van der Waals surface area contributed by atoms with Gasteiger partial charge in [0.2, 0.25) is 11.8 Å². The molecule has 26 heavy (non-hydrogen) atoms. The smallest absolute Gasteiger partial charge is 0.288 e. The molecular formula is C17H17F2N5O2. The van der Waals surface area contributed by atoms with E-state index in [1.165, 1.54) is 23.2 Å². The fraction of sp³-hybridized carbons (Fsp3) is 0.412. The lowest BCUT2D eigenvalue weighted by molar-refractivity contribution is 0.0735. The number of aromatic amines is 1. The third-order valence-corrected chi connectivity index (χ3v) is 4.67. The summed E-state index contributed by atoms with van der Waals surface area (Å²) in [5, 5.41) is 0. The number of rotatable bonds is 3. The molecule has 4 rings (SSSR count). The summed E-state index contributed by atoms with van der Waals surface area (Å²) in [5.74, 6) is -1.60. The number of anilines is 1. The van der Waals surface area contributed by atoms with Crippen LogP contribution in [0, 0.1) is 11.6 Å². The number of carbonyl (C=O) groups is 1. The number of hydrogen-bond donors (Lipinski definition) is 1. The van der Waals surface area contributed by atoms with Crippen LogP contribution in [0.25, 0.3) is 0 Å². The summed E-state index contributed by atoms with van der Waals surface area (Å²) in [7, 11) is 0. The molecule has 9 heteroatoms. The van der Waals surface area contributed by atoms with Gasteiger partial charge in [0.05, 0.1) is 5.69 Å². The molecule has 2 fully saturated rings. The molecule has 2 aromatic heterocycles. The minimum absolute atomic E-state index is 0.0195. The molecule has 0 radical (unpaired) electrons. The second kappa shape index (κ2) is 6.47. The maximum absolute atomic E-state index is 13.9. The van der Waals surface area contributed by atoms with E-state index in [1.807, 2.05) is 0 Å².